The van der Waals surface area contributed by atoms with Crippen molar-refractivity contribution in [2.24, 2.45) is 0 Å². The number of nitrogen functional groups attached to an aromatic ring is 1. The van der Waals surface area contributed by atoms with E-state index in [0.717, 1.165) is 12.4 Å². The normalized spacial score (nSPS) is 11.1. The Morgan fingerprint density at radius 2 is 1.77 bits per heavy atom. The highest BCUT2D eigenvalue weighted by Gasteiger charge is 2.31. The average molecular weight is 442 g/mol. The van der Waals surface area contributed by atoms with Crippen LogP contribution in [0.5, 0.6) is 0 Å². The molecule has 5 N–H and O–H groups in total. The zero-order valence-corrected chi connectivity index (χ0v) is 15.5. The molecule has 3 rings (SSSR count). The quantitative estimate of drug-likeness (QED) is 0.351. The summed E-state index contributed by atoms with van der Waals surface area (Å²) in [6.07, 6.45) is -2.94. The van der Waals surface area contributed by atoms with Gasteiger partial charge in [-0.05, 0) is 18.2 Å². The molecule has 1 aromatic carbocycles. The van der Waals surface area contributed by atoms with Gasteiger partial charge in [0.05, 0.1) is 16.1 Å². The predicted molar refractivity (Wildman–Crippen MR) is 101 cm³/mol. The van der Waals surface area contributed by atoms with Gasteiger partial charge < -0.3 is 11.1 Å². The number of hydrogen-bond acceptors (Lipinski definition) is 7. The zero-order chi connectivity index (χ0) is 21.9. The number of halogens is 5. The van der Waals surface area contributed by atoms with Crippen molar-refractivity contribution in [3.05, 3.63) is 64.8 Å². The standard InChI is InChI=1S/C17H12ClF4N7O/c18-10-5-8(17(20,21)22)6-24-13(10)27-14-12(23)15(26-7-25-14)28-29-16(30)9-3-1-2-4-11(9)19/h1-7H,23H2,(H,29,30)(H2,24,25,26,27,28). The maximum atomic E-state index is 13.7. The van der Waals surface area contributed by atoms with Gasteiger partial charge in [-0.2, -0.15) is 13.2 Å². The van der Waals surface area contributed by atoms with Crippen LogP contribution in [0.25, 0.3) is 0 Å². The third-order valence-corrected chi connectivity index (χ3v) is 3.99. The van der Waals surface area contributed by atoms with Gasteiger partial charge in [0, 0.05) is 6.20 Å². The fourth-order valence-electron chi connectivity index (χ4n) is 2.22. The van der Waals surface area contributed by atoms with Crippen LogP contribution < -0.4 is 21.9 Å². The number of benzene rings is 1. The monoisotopic (exact) mass is 441 g/mol. The number of nitrogens with two attached hydrogens (primary N) is 1. The van der Waals surface area contributed by atoms with Crippen molar-refractivity contribution in [1.29, 1.82) is 0 Å². The largest absolute Gasteiger partial charge is 0.417 e. The molecule has 0 spiro atoms. The number of pyridine rings is 1. The number of hydrazine groups is 1. The van der Waals surface area contributed by atoms with Gasteiger partial charge in [0.15, 0.2) is 11.6 Å². The third kappa shape index (κ3) is 4.66. The Labute approximate surface area is 171 Å². The number of amides is 1. The van der Waals surface area contributed by atoms with Gasteiger partial charge >= 0.3 is 6.18 Å². The maximum absolute atomic E-state index is 13.7. The molecule has 0 saturated heterocycles. The first-order valence-electron chi connectivity index (χ1n) is 8.08. The Kier molecular flexibility index (Phi) is 5.87. The van der Waals surface area contributed by atoms with E-state index in [1.807, 2.05) is 0 Å². The van der Waals surface area contributed by atoms with Crippen LogP contribution in [0.2, 0.25) is 5.02 Å². The lowest BCUT2D eigenvalue weighted by atomic mass is 10.2. The number of carbonyl (C=O) groups is 1. The second-order valence-electron chi connectivity index (χ2n) is 5.72. The number of carbonyl (C=O) groups excluding carboxylic acids is 1. The van der Waals surface area contributed by atoms with Gasteiger partial charge in [-0.25, -0.2) is 19.3 Å². The summed E-state index contributed by atoms with van der Waals surface area (Å²) in [7, 11) is 0. The van der Waals surface area contributed by atoms with Gasteiger partial charge in [0.25, 0.3) is 5.91 Å². The van der Waals surface area contributed by atoms with Crippen molar-refractivity contribution in [3.8, 4) is 0 Å². The van der Waals surface area contributed by atoms with E-state index in [2.05, 4.69) is 31.1 Å². The topological polar surface area (TPSA) is 118 Å². The second kappa shape index (κ2) is 8.37. The van der Waals surface area contributed by atoms with Crippen molar-refractivity contribution >= 4 is 40.6 Å². The number of rotatable bonds is 5. The molecule has 0 radical (unpaired) electrons. The van der Waals surface area contributed by atoms with Crippen LogP contribution in [0.4, 0.5) is 40.7 Å². The molecule has 8 nitrogen and oxygen atoms in total. The van der Waals surface area contributed by atoms with Crippen LogP contribution in [0.3, 0.4) is 0 Å². The van der Waals surface area contributed by atoms with Crippen LogP contribution in [0.1, 0.15) is 15.9 Å². The first-order chi connectivity index (χ1) is 14.2. The smallest absolute Gasteiger partial charge is 0.393 e. The molecular formula is C17H12ClF4N7O. The number of alkyl halides is 3. The first-order valence-corrected chi connectivity index (χ1v) is 8.45. The van der Waals surface area contributed by atoms with Gasteiger partial charge in [-0.15, -0.1) is 0 Å². The van der Waals surface area contributed by atoms with Crippen LogP contribution in [-0.2, 0) is 6.18 Å². The van der Waals surface area contributed by atoms with Crippen molar-refractivity contribution in [2.75, 3.05) is 16.5 Å². The van der Waals surface area contributed by atoms with Gasteiger partial charge in [0.2, 0.25) is 0 Å². The molecule has 0 aliphatic carbocycles. The molecule has 2 aromatic heterocycles. The number of nitrogens with one attached hydrogen (secondary N) is 3. The van der Waals surface area contributed by atoms with E-state index in [1.165, 1.54) is 18.2 Å². The molecule has 1 amide bonds. The second-order valence-corrected chi connectivity index (χ2v) is 6.13. The van der Waals surface area contributed by atoms with E-state index < -0.39 is 23.5 Å². The number of hydrogen-bond donors (Lipinski definition) is 4. The number of aromatic nitrogens is 3. The molecule has 0 aliphatic rings. The lowest BCUT2D eigenvalue weighted by Crippen LogP contribution is -2.31. The van der Waals surface area contributed by atoms with Gasteiger partial charge in [-0.3, -0.25) is 15.6 Å². The third-order valence-electron chi connectivity index (χ3n) is 3.70. The molecule has 0 aliphatic heterocycles. The summed E-state index contributed by atoms with van der Waals surface area (Å²) in [5.41, 5.74) is 9.22. The molecule has 2 heterocycles. The van der Waals surface area contributed by atoms with Crippen LogP contribution in [-0.4, -0.2) is 20.9 Å². The molecule has 13 heteroatoms. The van der Waals surface area contributed by atoms with Crippen molar-refractivity contribution in [1.82, 2.24) is 20.4 Å². The van der Waals surface area contributed by atoms with Crippen molar-refractivity contribution in [3.63, 3.8) is 0 Å². The molecular weight excluding hydrogens is 430 g/mol. The van der Waals surface area contributed by atoms with Gasteiger partial charge in [-0.1, -0.05) is 23.7 Å². The number of nitrogens with zero attached hydrogens (tertiary/aromatic N) is 3. The summed E-state index contributed by atoms with van der Waals surface area (Å²) in [6.45, 7) is 0. The van der Waals surface area contributed by atoms with Crippen LogP contribution in [0, 0.1) is 5.82 Å². The Hall–Kier alpha value is -3.67. The first kappa shape index (κ1) is 21.0. The fourth-order valence-corrected chi connectivity index (χ4v) is 2.43. The van der Waals surface area contributed by atoms with E-state index in [9.17, 15) is 22.4 Å². The van der Waals surface area contributed by atoms with Crippen LogP contribution in [0.15, 0.2) is 42.9 Å². The highest BCUT2D eigenvalue weighted by molar-refractivity contribution is 6.33. The number of anilines is 4. The zero-order valence-electron chi connectivity index (χ0n) is 14.8. The molecule has 0 saturated carbocycles. The van der Waals surface area contributed by atoms with Crippen LogP contribution >= 0.6 is 11.6 Å². The summed E-state index contributed by atoms with van der Waals surface area (Å²) >= 11 is 5.85. The van der Waals surface area contributed by atoms with Crippen molar-refractivity contribution < 1.29 is 22.4 Å². The molecule has 30 heavy (non-hydrogen) atoms. The summed E-state index contributed by atoms with van der Waals surface area (Å²) in [6, 6.07) is 6.01. The Morgan fingerprint density at radius 1 is 1.07 bits per heavy atom. The highest BCUT2D eigenvalue weighted by atomic mass is 35.5. The van der Waals surface area contributed by atoms with Crippen molar-refractivity contribution in [2.45, 2.75) is 6.18 Å². The molecule has 0 unspecified atom stereocenters. The average Bonchev–Trinajstić information content (AvgIpc) is 2.69. The summed E-state index contributed by atoms with van der Waals surface area (Å²) in [5.74, 6) is -1.73. The minimum Gasteiger partial charge on any atom is -0.393 e. The molecule has 0 fully saturated rings. The van der Waals surface area contributed by atoms with E-state index in [0.29, 0.717) is 12.3 Å². The fraction of sp³-hybridized carbons (Fsp3) is 0.0588. The molecule has 156 valence electrons. The van der Waals surface area contributed by atoms with E-state index in [1.54, 1.807) is 0 Å². The maximum Gasteiger partial charge on any atom is 0.417 e. The van der Waals surface area contributed by atoms with E-state index in [4.69, 9.17) is 17.3 Å². The Bertz CT molecular complexity index is 1090. The molecule has 0 bridgehead atoms. The summed E-state index contributed by atoms with van der Waals surface area (Å²) < 4.78 is 51.8. The summed E-state index contributed by atoms with van der Waals surface area (Å²) in [4.78, 5) is 23.4. The van der Waals surface area contributed by atoms with E-state index >= 15 is 0 Å². The molecule has 0 atom stereocenters. The van der Waals surface area contributed by atoms with Gasteiger partial charge in [0.1, 0.15) is 23.6 Å². The predicted octanol–water partition coefficient (Wildman–Crippen LogP) is 3.77. The summed E-state index contributed by atoms with van der Waals surface area (Å²) in [5, 5.41) is 2.27. The molecule has 3 aromatic rings. The minimum atomic E-state index is -4.60. The van der Waals surface area contributed by atoms with E-state index in [-0.39, 0.29) is 33.7 Å². The minimum absolute atomic E-state index is 0.0400. The highest BCUT2D eigenvalue weighted by Crippen LogP contribution is 2.34. The Morgan fingerprint density at radius 3 is 2.43 bits per heavy atom. The lowest BCUT2D eigenvalue weighted by Gasteiger charge is -2.14. The lowest BCUT2D eigenvalue weighted by molar-refractivity contribution is -0.137. The Balaban J connectivity index is 1.75. The SMILES string of the molecule is Nc1c(NNC(=O)c2ccccc2F)ncnc1Nc1ncc(C(F)(F)F)cc1Cl.